The second-order valence-electron chi connectivity index (χ2n) is 6.64. The summed E-state index contributed by atoms with van der Waals surface area (Å²) in [5.41, 5.74) is 6.44. The zero-order valence-corrected chi connectivity index (χ0v) is 18.2. The van der Waals surface area contributed by atoms with Crippen LogP contribution in [0.25, 0.3) is 33.3 Å². The molecule has 0 saturated carbocycles. The molecule has 1 aliphatic carbocycles. The van der Waals surface area contributed by atoms with E-state index < -0.39 is 0 Å². The van der Waals surface area contributed by atoms with Gasteiger partial charge < -0.3 is 9.88 Å². The van der Waals surface area contributed by atoms with Crippen LogP contribution in [-0.2, 0) is 20.2 Å². The topological polar surface area (TPSA) is 31.9 Å². The summed E-state index contributed by atoms with van der Waals surface area (Å²) in [7, 11) is 11.6. The van der Waals surface area contributed by atoms with Gasteiger partial charge in [0.05, 0.1) is 16.9 Å². The number of fused-ring (bicyclic) bond motifs is 2. The van der Waals surface area contributed by atoms with Gasteiger partial charge in [-0.3, -0.25) is 0 Å². The second kappa shape index (κ2) is 9.06. The molecule has 3 heterocycles. The number of para-hydroxylation sites is 1. The van der Waals surface area contributed by atoms with Gasteiger partial charge >= 0.3 is 33.3 Å². The molecule has 0 N–H and O–H groups in total. The van der Waals surface area contributed by atoms with Crippen molar-refractivity contribution in [2.45, 2.75) is 6.04 Å². The van der Waals surface area contributed by atoms with Crippen LogP contribution in [-0.4, -0.2) is 15.6 Å². The van der Waals surface area contributed by atoms with Crippen molar-refractivity contribution in [3.05, 3.63) is 102 Å². The summed E-state index contributed by atoms with van der Waals surface area (Å²) >= 11 is 0.194. The van der Waals surface area contributed by atoms with Gasteiger partial charge in [-0.05, 0) is 24.3 Å². The van der Waals surface area contributed by atoms with Crippen molar-refractivity contribution >= 4 is 36.8 Å². The van der Waals surface area contributed by atoms with Crippen molar-refractivity contribution in [2.75, 3.05) is 0 Å². The van der Waals surface area contributed by atoms with Gasteiger partial charge in [0.25, 0.3) is 0 Å². The van der Waals surface area contributed by atoms with Gasteiger partial charge in [0.2, 0.25) is 0 Å². The second-order valence-corrected chi connectivity index (χ2v) is 8.46. The van der Waals surface area contributed by atoms with Crippen molar-refractivity contribution in [1.29, 1.82) is 0 Å². The molecule has 6 heteroatoms. The van der Waals surface area contributed by atoms with Gasteiger partial charge in [0.15, 0.2) is 0 Å². The molecular formula is C23H18Cl2FeN3. The molecule has 0 saturated heterocycles. The SMILES string of the molecule is Cn1c(C2=CC=C3C=CC=CC3[N-]2)ccc1-c1ccc2ccccc2n1.[Cl][Fe+][Cl]. The van der Waals surface area contributed by atoms with E-state index in [0.717, 1.165) is 33.7 Å². The van der Waals surface area contributed by atoms with Crippen LogP contribution in [0.1, 0.15) is 5.69 Å². The molecule has 3 nitrogen and oxygen atoms in total. The Bertz CT molecular complexity index is 1160. The molecule has 2 aromatic heterocycles. The Labute approximate surface area is 185 Å². The minimum absolute atomic E-state index is 0.122. The minimum atomic E-state index is 0.122. The molecule has 147 valence electrons. The first kappa shape index (κ1) is 20.1. The Morgan fingerprint density at radius 1 is 0.966 bits per heavy atom. The zero-order valence-electron chi connectivity index (χ0n) is 15.6. The van der Waals surface area contributed by atoms with E-state index in [4.69, 9.17) is 30.5 Å². The van der Waals surface area contributed by atoms with Gasteiger partial charge in [-0.1, -0.05) is 72.3 Å². The Morgan fingerprint density at radius 3 is 2.62 bits per heavy atom. The summed E-state index contributed by atoms with van der Waals surface area (Å²) in [5.74, 6) is 0. The van der Waals surface area contributed by atoms with Gasteiger partial charge in [-0.15, -0.1) is 5.70 Å². The zero-order chi connectivity index (χ0) is 20.2. The van der Waals surface area contributed by atoms with E-state index in [1.807, 2.05) is 12.1 Å². The van der Waals surface area contributed by atoms with Crippen molar-refractivity contribution < 1.29 is 13.1 Å². The molecule has 5 rings (SSSR count). The Hall–Kier alpha value is -2.23. The summed E-state index contributed by atoms with van der Waals surface area (Å²) in [6.07, 6.45) is 12.6. The van der Waals surface area contributed by atoms with Crippen molar-refractivity contribution in [3.8, 4) is 11.4 Å². The standard InChI is InChI=1S/C23H18N3.2ClH.Fe/c1-26-22(20-12-10-16-6-2-4-8-18(16)24-20)14-15-23(26)21-13-11-17-7-3-5-9-19(17)25-21;;;/h2-15,18H,1H3;2*1H;/q-1;;;+3/p-2. The molecule has 0 spiro atoms. The summed E-state index contributed by atoms with van der Waals surface area (Å²) in [6, 6.07) is 16.8. The van der Waals surface area contributed by atoms with E-state index in [1.165, 1.54) is 5.57 Å². The normalized spacial score (nSPS) is 17.0. The van der Waals surface area contributed by atoms with Gasteiger partial charge in [-0.25, -0.2) is 4.98 Å². The van der Waals surface area contributed by atoms with Crippen molar-refractivity contribution in [1.82, 2.24) is 9.55 Å². The third kappa shape index (κ3) is 4.22. The van der Waals surface area contributed by atoms with Gasteiger partial charge in [0.1, 0.15) is 0 Å². The third-order valence-corrected chi connectivity index (χ3v) is 4.99. The van der Waals surface area contributed by atoms with Crippen molar-refractivity contribution in [2.24, 2.45) is 7.05 Å². The molecule has 0 radical (unpaired) electrons. The predicted octanol–water partition coefficient (Wildman–Crippen LogP) is 6.77. The van der Waals surface area contributed by atoms with Crippen molar-refractivity contribution in [3.63, 3.8) is 0 Å². The number of nitrogens with zero attached hydrogens (tertiary/aromatic N) is 3. The fraction of sp³-hybridized carbons (Fsp3) is 0.0870. The monoisotopic (exact) mass is 462 g/mol. The third-order valence-electron chi connectivity index (χ3n) is 4.99. The van der Waals surface area contributed by atoms with E-state index >= 15 is 0 Å². The number of hydrogen-bond donors (Lipinski definition) is 0. The summed E-state index contributed by atoms with van der Waals surface area (Å²) < 4.78 is 2.17. The van der Waals surface area contributed by atoms with Crippen LogP contribution < -0.4 is 0 Å². The summed E-state index contributed by atoms with van der Waals surface area (Å²) in [6.45, 7) is 0. The molecule has 3 aromatic rings. The Morgan fingerprint density at radius 2 is 1.76 bits per heavy atom. The van der Waals surface area contributed by atoms with Crippen LogP contribution in [0, 0.1) is 0 Å². The first-order valence-electron chi connectivity index (χ1n) is 9.06. The fourth-order valence-electron chi connectivity index (χ4n) is 3.57. The first-order valence-corrected chi connectivity index (χ1v) is 12.1. The van der Waals surface area contributed by atoms with E-state index in [9.17, 15) is 0 Å². The summed E-state index contributed by atoms with van der Waals surface area (Å²) in [5, 5.41) is 6.06. The molecule has 0 amide bonds. The van der Waals surface area contributed by atoms with Crippen LogP contribution in [0.4, 0.5) is 0 Å². The van der Waals surface area contributed by atoms with Crippen LogP contribution in [0.2, 0.25) is 0 Å². The molecule has 1 atom stereocenters. The predicted molar refractivity (Wildman–Crippen MR) is 119 cm³/mol. The van der Waals surface area contributed by atoms with Crippen LogP contribution in [0.3, 0.4) is 0 Å². The number of aromatic nitrogens is 2. The number of pyridine rings is 1. The molecule has 1 aromatic carbocycles. The number of benzene rings is 1. The van der Waals surface area contributed by atoms with Gasteiger partial charge in [-0.2, -0.15) is 0 Å². The average Bonchev–Trinajstić information content (AvgIpc) is 3.15. The molecule has 1 aliphatic heterocycles. The summed E-state index contributed by atoms with van der Waals surface area (Å²) in [4.78, 5) is 4.83. The maximum atomic E-state index is 4.91. The van der Waals surface area contributed by atoms with E-state index in [-0.39, 0.29) is 19.2 Å². The van der Waals surface area contributed by atoms with Gasteiger partial charge in [0, 0.05) is 18.1 Å². The molecule has 2 aliphatic rings. The van der Waals surface area contributed by atoms with E-state index in [1.54, 1.807) is 0 Å². The van der Waals surface area contributed by atoms with E-state index in [2.05, 4.69) is 84.5 Å². The molecule has 0 bridgehead atoms. The Kier molecular flexibility index (Phi) is 6.27. The molecule has 1 unspecified atom stereocenters. The number of hydrogen-bond acceptors (Lipinski definition) is 1. The fourth-order valence-corrected chi connectivity index (χ4v) is 3.57. The quantitative estimate of drug-likeness (QED) is 0.387. The van der Waals surface area contributed by atoms with E-state index in [0.29, 0.717) is 0 Å². The average molecular weight is 463 g/mol. The Balaban J connectivity index is 0.000000645. The molecular weight excluding hydrogens is 445 g/mol. The maximum absolute atomic E-state index is 4.91. The molecule has 29 heavy (non-hydrogen) atoms. The van der Waals surface area contributed by atoms with Crippen LogP contribution >= 0.6 is 20.2 Å². The number of halogens is 2. The van der Waals surface area contributed by atoms with Crippen LogP contribution in [0.5, 0.6) is 0 Å². The molecule has 0 fully saturated rings. The first-order chi connectivity index (χ1) is 14.2. The number of allylic oxidation sites excluding steroid dienone is 4. The van der Waals surface area contributed by atoms with Crippen LogP contribution in [0.15, 0.2) is 90.6 Å². The number of rotatable bonds is 2.